The predicted octanol–water partition coefficient (Wildman–Crippen LogP) is 3.71. The Morgan fingerprint density at radius 1 is 1.02 bits per heavy atom. The number of carboxylic acid groups (broad SMARTS) is 1. The minimum atomic E-state index is -2.04. The molecule has 12 nitrogen and oxygen atoms in total. The Morgan fingerprint density at radius 3 is 2.42 bits per heavy atom. The van der Waals surface area contributed by atoms with Crippen LogP contribution in [0.1, 0.15) is 97.4 Å². The number of ether oxygens (including phenoxy) is 3. The van der Waals surface area contributed by atoms with Crippen LogP contribution in [-0.4, -0.2) is 104 Å². The first-order valence-electron chi connectivity index (χ1n) is 18.1. The van der Waals surface area contributed by atoms with Gasteiger partial charge in [-0.25, -0.2) is 4.79 Å². The Hall–Kier alpha value is -2.84. The summed E-state index contributed by atoms with van der Waals surface area (Å²) in [5, 5.41) is 76.2. The van der Waals surface area contributed by atoms with Gasteiger partial charge in [-0.2, -0.15) is 0 Å². The number of aromatic carboxylic acids is 1. The molecular formula is C38H52O12. The van der Waals surface area contributed by atoms with E-state index in [1.165, 1.54) is 25.8 Å². The second-order valence-electron chi connectivity index (χ2n) is 15.5. The van der Waals surface area contributed by atoms with E-state index in [9.17, 15) is 45.3 Å². The number of aliphatic hydroxyl groups is 5. The Labute approximate surface area is 292 Å². The molecule has 2 aromatic rings. The number of rotatable bonds is 11. The summed E-state index contributed by atoms with van der Waals surface area (Å²) in [4.78, 5) is 24.4. The molecule has 4 aliphatic rings. The summed E-state index contributed by atoms with van der Waals surface area (Å²) >= 11 is 0. The number of aromatic hydroxyl groups is 1. The summed E-state index contributed by atoms with van der Waals surface area (Å²) in [5.74, 6) is -1.20. The minimum Gasteiger partial charge on any atom is -0.506 e. The molecule has 276 valence electrons. The van der Waals surface area contributed by atoms with Gasteiger partial charge in [0.05, 0.1) is 23.1 Å². The summed E-state index contributed by atoms with van der Waals surface area (Å²) in [7, 11) is 0. The van der Waals surface area contributed by atoms with Gasteiger partial charge in [0, 0.05) is 19.8 Å². The van der Waals surface area contributed by atoms with Crippen LogP contribution in [0, 0.1) is 36.0 Å². The van der Waals surface area contributed by atoms with Gasteiger partial charge in [0.15, 0.2) is 5.78 Å². The molecule has 2 aliphatic carbocycles. The molecule has 6 rings (SSSR count). The highest BCUT2D eigenvalue weighted by molar-refractivity contribution is 6.08. The molecule has 2 aliphatic heterocycles. The average Bonchev–Trinajstić information content (AvgIpc) is 3.52. The monoisotopic (exact) mass is 700 g/mol. The molecule has 1 spiro atoms. The van der Waals surface area contributed by atoms with Crippen molar-refractivity contribution in [2.75, 3.05) is 26.4 Å². The molecule has 9 unspecified atom stereocenters. The van der Waals surface area contributed by atoms with E-state index < -0.39 is 54.3 Å². The SMILES string of the molecule is CC(=O)c1c(C)cc2cc(C(=O)O)cc(OC3OC(CO)C(O)(CCC4CC5(CCCC5)CC5COCC(CCCO)C45)C(O)C3O)c2c1O. The van der Waals surface area contributed by atoms with Crippen LogP contribution in [0.5, 0.6) is 11.5 Å². The predicted molar refractivity (Wildman–Crippen MR) is 181 cm³/mol. The smallest absolute Gasteiger partial charge is 0.335 e. The van der Waals surface area contributed by atoms with Crippen LogP contribution >= 0.6 is 0 Å². The van der Waals surface area contributed by atoms with Crippen molar-refractivity contribution in [3.8, 4) is 11.5 Å². The molecule has 4 fully saturated rings. The second kappa shape index (κ2) is 14.7. The van der Waals surface area contributed by atoms with Gasteiger partial charge in [-0.3, -0.25) is 4.79 Å². The molecule has 0 bridgehead atoms. The van der Waals surface area contributed by atoms with E-state index >= 15 is 0 Å². The third kappa shape index (κ3) is 6.76. The van der Waals surface area contributed by atoms with E-state index in [4.69, 9.17) is 14.2 Å². The molecular weight excluding hydrogens is 648 g/mol. The van der Waals surface area contributed by atoms with Crippen molar-refractivity contribution in [2.24, 2.45) is 29.1 Å². The van der Waals surface area contributed by atoms with Crippen LogP contribution in [0.3, 0.4) is 0 Å². The fourth-order valence-corrected chi connectivity index (χ4v) is 10.2. The standard InChI is InChI=1S/C38H52O12/c1-20-12-24-13-25(35(45)46)14-27(31(24)32(42)29(20)21(2)41)49-36-33(43)34(44)38(47,28(17-40)50-36)10-7-22-15-37(8-3-4-9-37)16-26-19-48-18-23(30(22)26)6-5-11-39/h12-14,22-23,26,28,30,33-34,36,39-40,42-44,47H,3-11,15-19H2,1-2H3,(H,45,46). The number of carbonyl (C=O) groups is 2. The van der Waals surface area contributed by atoms with Crippen molar-refractivity contribution >= 4 is 22.5 Å². The lowest BCUT2D eigenvalue weighted by atomic mass is 9.55. The molecule has 2 saturated carbocycles. The Morgan fingerprint density at radius 2 is 1.76 bits per heavy atom. The molecule has 9 atom stereocenters. The topological polar surface area (TPSA) is 203 Å². The molecule has 2 heterocycles. The van der Waals surface area contributed by atoms with Crippen molar-refractivity contribution < 1.29 is 59.5 Å². The summed E-state index contributed by atoms with van der Waals surface area (Å²) < 4.78 is 18.0. The lowest BCUT2D eigenvalue weighted by Gasteiger charge is -2.54. The van der Waals surface area contributed by atoms with Crippen molar-refractivity contribution in [3.63, 3.8) is 0 Å². The number of aliphatic hydroxyl groups excluding tert-OH is 4. The van der Waals surface area contributed by atoms with Gasteiger partial charge >= 0.3 is 5.97 Å². The van der Waals surface area contributed by atoms with E-state index in [0.717, 1.165) is 38.2 Å². The van der Waals surface area contributed by atoms with E-state index in [2.05, 4.69) is 0 Å². The second-order valence-corrected chi connectivity index (χ2v) is 15.5. The van der Waals surface area contributed by atoms with Crippen LogP contribution in [-0.2, 0) is 9.47 Å². The normalized spacial score (nSPS) is 33.7. The number of aryl methyl sites for hydroxylation is 1. The van der Waals surface area contributed by atoms with Crippen LogP contribution < -0.4 is 4.74 Å². The minimum absolute atomic E-state index is 0.0115. The van der Waals surface area contributed by atoms with Crippen molar-refractivity contribution in [1.82, 2.24) is 0 Å². The van der Waals surface area contributed by atoms with Gasteiger partial charge in [-0.15, -0.1) is 0 Å². The average molecular weight is 701 g/mol. The lowest BCUT2D eigenvalue weighted by Crippen LogP contribution is -2.68. The number of hydrogen-bond acceptors (Lipinski definition) is 11. The zero-order valence-electron chi connectivity index (χ0n) is 28.9. The van der Waals surface area contributed by atoms with Crippen LogP contribution in [0.2, 0.25) is 0 Å². The molecule has 0 radical (unpaired) electrons. The first kappa shape index (κ1) is 36.9. The maximum Gasteiger partial charge on any atom is 0.335 e. The summed E-state index contributed by atoms with van der Waals surface area (Å²) in [5.41, 5.74) is -1.58. The summed E-state index contributed by atoms with van der Waals surface area (Å²) in [6.45, 7) is 3.61. The van der Waals surface area contributed by atoms with Gasteiger partial charge in [0.25, 0.3) is 0 Å². The molecule has 7 N–H and O–H groups in total. The van der Waals surface area contributed by atoms with Gasteiger partial charge in [0.2, 0.25) is 6.29 Å². The van der Waals surface area contributed by atoms with Gasteiger partial charge in [0.1, 0.15) is 35.4 Å². The number of phenolic OH excluding ortho intramolecular Hbond substituents is 1. The Balaban J connectivity index is 1.27. The third-order valence-electron chi connectivity index (χ3n) is 12.4. The highest BCUT2D eigenvalue weighted by Crippen LogP contribution is 2.58. The number of benzene rings is 2. The maximum atomic E-state index is 12.4. The molecule has 50 heavy (non-hydrogen) atoms. The fraction of sp³-hybridized carbons (Fsp3) is 0.684. The highest BCUT2D eigenvalue weighted by Gasteiger charge is 2.57. The molecule has 0 aromatic heterocycles. The van der Waals surface area contributed by atoms with E-state index in [0.29, 0.717) is 43.5 Å². The summed E-state index contributed by atoms with van der Waals surface area (Å²) in [6, 6.07) is 3.99. The van der Waals surface area contributed by atoms with E-state index in [-0.39, 0.29) is 57.9 Å². The number of carboxylic acids is 1. The number of fused-ring (bicyclic) bond motifs is 2. The first-order valence-corrected chi connectivity index (χ1v) is 18.1. The van der Waals surface area contributed by atoms with Gasteiger partial charge < -0.3 is 50.0 Å². The number of ketones is 1. The number of Topliss-reactive ketones (excluding diaryl/α,β-unsaturated/α-hetero) is 1. The zero-order chi connectivity index (χ0) is 36.0. The van der Waals surface area contributed by atoms with Gasteiger partial charge in [-0.1, -0.05) is 18.9 Å². The van der Waals surface area contributed by atoms with E-state index in [1.54, 1.807) is 13.0 Å². The zero-order valence-corrected chi connectivity index (χ0v) is 28.9. The van der Waals surface area contributed by atoms with Crippen molar-refractivity contribution in [2.45, 2.75) is 108 Å². The van der Waals surface area contributed by atoms with Crippen LogP contribution in [0.15, 0.2) is 18.2 Å². The quantitative estimate of drug-likeness (QED) is 0.168. The first-order chi connectivity index (χ1) is 23.8. The van der Waals surface area contributed by atoms with Crippen molar-refractivity contribution in [3.05, 3.63) is 34.9 Å². The molecule has 2 saturated heterocycles. The lowest BCUT2D eigenvalue weighted by molar-refractivity contribution is -0.315. The molecule has 0 amide bonds. The molecule has 2 aromatic carbocycles. The number of carbonyl (C=O) groups excluding carboxylic acids is 1. The Bertz CT molecular complexity index is 1560. The van der Waals surface area contributed by atoms with E-state index in [1.807, 2.05) is 0 Å². The van der Waals surface area contributed by atoms with Crippen LogP contribution in [0.25, 0.3) is 10.8 Å². The number of phenols is 1. The highest BCUT2D eigenvalue weighted by atomic mass is 16.7. The molecule has 12 heteroatoms. The number of hydrogen-bond donors (Lipinski definition) is 7. The maximum absolute atomic E-state index is 12.4. The van der Waals surface area contributed by atoms with Crippen LogP contribution in [0.4, 0.5) is 0 Å². The third-order valence-corrected chi connectivity index (χ3v) is 12.4. The van der Waals surface area contributed by atoms with Crippen molar-refractivity contribution in [1.29, 1.82) is 0 Å². The van der Waals surface area contributed by atoms with Gasteiger partial charge in [-0.05, 0) is 117 Å². The largest absolute Gasteiger partial charge is 0.506 e. The summed E-state index contributed by atoms with van der Waals surface area (Å²) in [6.07, 6.45) is 2.20. The fourth-order valence-electron chi connectivity index (χ4n) is 10.2. The Kier molecular flexibility index (Phi) is 10.8.